The number of nitrogens with one attached hydrogen (secondary N) is 1. The zero-order valence-corrected chi connectivity index (χ0v) is 12.0. The van der Waals surface area contributed by atoms with Crippen LogP contribution in [0.4, 0.5) is 4.39 Å². The Morgan fingerprint density at radius 2 is 2.05 bits per heavy atom. The summed E-state index contributed by atoms with van der Waals surface area (Å²) < 4.78 is 13.4. The van der Waals surface area contributed by atoms with Crippen LogP contribution in [0.3, 0.4) is 0 Å². The molecule has 2 N–H and O–H groups in total. The third-order valence-corrected chi connectivity index (χ3v) is 2.85. The fraction of sp³-hybridized carbons (Fsp3) is 0.533. The second-order valence-corrected chi connectivity index (χ2v) is 6.08. The number of aliphatic hydroxyl groups excluding tert-OH is 1. The summed E-state index contributed by atoms with van der Waals surface area (Å²) >= 11 is 0. The average Bonchev–Trinajstić information content (AvgIpc) is 2.29. The first-order valence-electron chi connectivity index (χ1n) is 6.41. The average molecular weight is 267 g/mol. The Hall–Kier alpha value is -1.42. The maximum Gasteiger partial charge on any atom is 0.251 e. The van der Waals surface area contributed by atoms with Gasteiger partial charge in [0.25, 0.3) is 5.91 Å². The van der Waals surface area contributed by atoms with E-state index >= 15 is 0 Å². The zero-order chi connectivity index (χ0) is 14.6. The van der Waals surface area contributed by atoms with Gasteiger partial charge in [-0.2, -0.15) is 0 Å². The number of halogens is 1. The number of aryl methyl sites for hydroxylation is 1. The van der Waals surface area contributed by atoms with Crippen LogP contribution < -0.4 is 5.32 Å². The van der Waals surface area contributed by atoms with Crippen LogP contribution in [0, 0.1) is 18.2 Å². The van der Waals surface area contributed by atoms with Crippen molar-refractivity contribution in [3.63, 3.8) is 0 Å². The van der Waals surface area contributed by atoms with Crippen LogP contribution in [-0.4, -0.2) is 23.7 Å². The maximum absolute atomic E-state index is 13.4. The highest BCUT2D eigenvalue weighted by Gasteiger charge is 2.20. The Morgan fingerprint density at radius 3 is 2.53 bits per heavy atom. The number of aliphatic hydroxyl groups is 1. The number of hydrogen-bond donors (Lipinski definition) is 2. The molecule has 1 rings (SSSR count). The van der Waals surface area contributed by atoms with Crippen molar-refractivity contribution in [3.05, 3.63) is 35.1 Å². The first-order valence-corrected chi connectivity index (χ1v) is 6.41. The van der Waals surface area contributed by atoms with Gasteiger partial charge in [-0.25, -0.2) is 4.39 Å². The monoisotopic (exact) mass is 267 g/mol. The lowest BCUT2D eigenvalue weighted by atomic mass is 9.88. The highest BCUT2D eigenvalue weighted by molar-refractivity contribution is 5.94. The molecular formula is C15H22FNO2. The lowest BCUT2D eigenvalue weighted by Crippen LogP contribution is -2.40. The highest BCUT2D eigenvalue weighted by atomic mass is 19.1. The van der Waals surface area contributed by atoms with Crippen molar-refractivity contribution in [2.75, 3.05) is 6.61 Å². The van der Waals surface area contributed by atoms with Gasteiger partial charge < -0.3 is 10.4 Å². The number of carbonyl (C=O) groups is 1. The Morgan fingerprint density at radius 1 is 1.42 bits per heavy atom. The van der Waals surface area contributed by atoms with Crippen molar-refractivity contribution >= 4 is 5.91 Å². The summed E-state index contributed by atoms with van der Waals surface area (Å²) in [6.07, 6.45) is 0.656. The standard InChI is InChI=1S/C15H22FNO2/c1-10-5-6-11(7-13(10)16)14(19)17-12(9-18)8-15(2,3)4/h5-7,12,18H,8-9H2,1-4H3,(H,17,19). The Kier molecular flexibility index (Phi) is 5.06. The smallest absolute Gasteiger partial charge is 0.251 e. The SMILES string of the molecule is Cc1ccc(C(=O)NC(CO)CC(C)(C)C)cc1F. The van der Waals surface area contributed by atoms with Gasteiger partial charge in [0.2, 0.25) is 0 Å². The second kappa shape index (κ2) is 6.15. The van der Waals surface area contributed by atoms with Crippen LogP contribution in [0.1, 0.15) is 43.1 Å². The van der Waals surface area contributed by atoms with Crippen LogP contribution in [-0.2, 0) is 0 Å². The third kappa shape index (κ3) is 4.99. The van der Waals surface area contributed by atoms with Gasteiger partial charge in [-0.15, -0.1) is 0 Å². The van der Waals surface area contributed by atoms with E-state index in [2.05, 4.69) is 5.32 Å². The minimum atomic E-state index is -0.399. The first-order chi connectivity index (χ1) is 8.73. The maximum atomic E-state index is 13.4. The molecule has 1 aromatic rings. The Labute approximate surface area is 113 Å². The molecule has 0 aliphatic rings. The summed E-state index contributed by atoms with van der Waals surface area (Å²) in [6.45, 7) is 7.62. The molecule has 1 aromatic carbocycles. The van der Waals surface area contributed by atoms with E-state index in [4.69, 9.17) is 0 Å². The molecule has 0 aliphatic carbocycles. The molecular weight excluding hydrogens is 245 g/mol. The van der Waals surface area contributed by atoms with E-state index in [1.165, 1.54) is 6.07 Å². The second-order valence-electron chi connectivity index (χ2n) is 6.08. The molecule has 0 fully saturated rings. The van der Waals surface area contributed by atoms with Gasteiger partial charge in [0.15, 0.2) is 0 Å². The van der Waals surface area contributed by atoms with Crippen molar-refractivity contribution < 1.29 is 14.3 Å². The fourth-order valence-corrected chi connectivity index (χ4v) is 1.90. The third-order valence-electron chi connectivity index (χ3n) is 2.85. The van der Waals surface area contributed by atoms with E-state index in [9.17, 15) is 14.3 Å². The van der Waals surface area contributed by atoms with E-state index in [1.807, 2.05) is 20.8 Å². The lowest BCUT2D eigenvalue weighted by molar-refractivity contribution is 0.0897. The van der Waals surface area contributed by atoms with Crippen LogP contribution in [0.25, 0.3) is 0 Å². The minimum Gasteiger partial charge on any atom is -0.394 e. The van der Waals surface area contributed by atoms with Crippen molar-refractivity contribution in [1.29, 1.82) is 0 Å². The van der Waals surface area contributed by atoms with Gasteiger partial charge >= 0.3 is 0 Å². The van der Waals surface area contributed by atoms with E-state index in [1.54, 1.807) is 19.1 Å². The number of benzene rings is 1. The van der Waals surface area contributed by atoms with Crippen molar-refractivity contribution in [1.82, 2.24) is 5.32 Å². The van der Waals surface area contributed by atoms with Crippen molar-refractivity contribution in [3.8, 4) is 0 Å². The summed E-state index contributed by atoms with van der Waals surface area (Å²) in [5.41, 5.74) is 0.777. The topological polar surface area (TPSA) is 49.3 Å². The minimum absolute atomic E-state index is 0.000791. The predicted molar refractivity (Wildman–Crippen MR) is 73.5 cm³/mol. The molecule has 0 aliphatic heterocycles. The van der Waals surface area contributed by atoms with Gasteiger partial charge in [0.1, 0.15) is 5.82 Å². The van der Waals surface area contributed by atoms with E-state index in [0.717, 1.165) is 0 Å². The molecule has 106 valence electrons. The molecule has 19 heavy (non-hydrogen) atoms. The number of rotatable bonds is 4. The normalized spacial score (nSPS) is 13.2. The van der Waals surface area contributed by atoms with Crippen LogP contribution in [0.15, 0.2) is 18.2 Å². The van der Waals surface area contributed by atoms with Gasteiger partial charge in [-0.3, -0.25) is 4.79 Å². The number of amides is 1. The summed E-state index contributed by atoms with van der Waals surface area (Å²) in [6, 6.07) is 4.05. The molecule has 1 unspecified atom stereocenters. The quantitative estimate of drug-likeness (QED) is 0.881. The van der Waals surface area contributed by atoms with Crippen LogP contribution in [0.5, 0.6) is 0 Å². The zero-order valence-electron chi connectivity index (χ0n) is 12.0. The number of hydrogen-bond acceptors (Lipinski definition) is 2. The fourth-order valence-electron chi connectivity index (χ4n) is 1.90. The summed E-state index contributed by atoms with van der Waals surface area (Å²) in [5.74, 6) is -0.758. The van der Waals surface area contributed by atoms with E-state index in [-0.39, 0.29) is 29.5 Å². The molecule has 3 nitrogen and oxygen atoms in total. The van der Waals surface area contributed by atoms with Gasteiger partial charge in [-0.05, 0) is 36.5 Å². The highest BCUT2D eigenvalue weighted by Crippen LogP contribution is 2.21. The van der Waals surface area contributed by atoms with Gasteiger partial charge in [0.05, 0.1) is 12.6 Å². The summed E-state index contributed by atoms with van der Waals surface area (Å²) in [7, 11) is 0. The summed E-state index contributed by atoms with van der Waals surface area (Å²) in [5, 5.41) is 12.0. The molecule has 1 amide bonds. The molecule has 0 radical (unpaired) electrons. The van der Waals surface area contributed by atoms with Gasteiger partial charge in [0, 0.05) is 5.56 Å². The van der Waals surface area contributed by atoms with E-state index in [0.29, 0.717) is 12.0 Å². The molecule has 0 bridgehead atoms. The number of carbonyl (C=O) groups excluding carboxylic acids is 1. The van der Waals surface area contributed by atoms with Crippen molar-refractivity contribution in [2.45, 2.75) is 40.2 Å². The molecule has 0 heterocycles. The molecule has 0 aromatic heterocycles. The predicted octanol–water partition coefficient (Wildman–Crippen LogP) is 2.66. The first kappa shape index (κ1) is 15.6. The Balaban J connectivity index is 2.74. The molecule has 0 spiro atoms. The Bertz CT molecular complexity index is 452. The lowest BCUT2D eigenvalue weighted by Gasteiger charge is -2.25. The molecule has 0 saturated heterocycles. The van der Waals surface area contributed by atoms with Gasteiger partial charge in [-0.1, -0.05) is 26.8 Å². The molecule has 4 heteroatoms. The van der Waals surface area contributed by atoms with Crippen LogP contribution in [0.2, 0.25) is 0 Å². The van der Waals surface area contributed by atoms with Crippen molar-refractivity contribution in [2.24, 2.45) is 5.41 Å². The summed E-state index contributed by atoms with van der Waals surface area (Å²) in [4.78, 5) is 12.0. The molecule has 0 saturated carbocycles. The van der Waals surface area contributed by atoms with Crippen LogP contribution >= 0.6 is 0 Å². The largest absolute Gasteiger partial charge is 0.394 e. The van der Waals surface area contributed by atoms with E-state index < -0.39 is 5.82 Å². The molecule has 1 atom stereocenters.